The Hall–Kier alpha value is -0.760. The van der Waals surface area contributed by atoms with E-state index in [1.165, 1.54) is 212 Å². The Morgan fingerprint density at radius 2 is 0.864 bits per heavy atom. The number of allylic oxidation sites excluding steroid dienone is 1. The average molecular weight is 857 g/mol. The van der Waals surface area contributed by atoms with Crippen molar-refractivity contribution in [2.24, 2.45) is 5.73 Å². The molecule has 0 aromatic carbocycles. The van der Waals surface area contributed by atoms with E-state index in [4.69, 9.17) is 14.8 Å². The summed E-state index contributed by atoms with van der Waals surface area (Å²) < 4.78 is 22.2. The predicted molar refractivity (Wildman–Crippen MR) is 254 cm³/mol. The molecule has 0 aliphatic carbocycles. The van der Waals surface area contributed by atoms with E-state index in [0.29, 0.717) is 6.42 Å². The lowest BCUT2D eigenvalue weighted by molar-refractivity contribution is -0.123. The summed E-state index contributed by atoms with van der Waals surface area (Å²) in [5.41, 5.74) is 5.39. The molecule has 0 aliphatic heterocycles. The van der Waals surface area contributed by atoms with Crippen LogP contribution >= 0.6 is 7.82 Å². The van der Waals surface area contributed by atoms with Gasteiger partial charge in [0.1, 0.15) is 0 Å². The summed E-state index contributed by atoms with van der Waals surface area (Å²) in [7, 11) is -4.34. The Labute approximate surface area is 366 Å². The SMILES string of the molecule is CCCCCCCCCCCCCCCCCCC/C=C/C(O)C(COP(=O)(O)OCCN)NC(=O)CCCCCCCCCCCCCCCCCCCCCCC. The highest BCUT2D eigenvalue weighted by Crippen LogP contribution is 2.43. The highest BCUT2D eigenvalue weighted by molar-refractivity contribution is 7.47. The molecule has 0 aromatic rings. The van der Waals surface area contributed by atoms with Gasteiger partial charge in [-0.1, -0.05) is 257 Å². The van der Waals surface area contributed by atoms with Crippen LogP contribution in [0.5, 0.6) is 0 Å². The lowest BCUT2D eigenvalue weighted by Gasteiger charge is -2.23. The number of amides is 1. The Morgan fingerprint density at radius 3 is 1.20 bits per heavy atom. The van der Waals surface area contributed by atoms with E-state index in [2.05, 4.69) is 19.2 Å². The van der Waals surface area contributed by atoms with Crippen molar-refractivity contribution < 1.29 is 28.4 Å². The van der Waals surface area contributed by atoms with Gasteiger partial charge >= 0.3 is 7.82 Å². The van der Waals surface area contributed by atoms with E-state index < -0.39 is 20.0 Å². The van der Waals surface area contributed by atoms with Crippen LogP contribution in [0.4, 0.5) is 0 Å². The molecular formula is C50H101N2O6P. The summed E-state index contributed by atoms with van der Waals surface area (Å²) in [5.74, 6) is -0.187. The van der Waals surface area contributed by atoms with Crippen LogP contribution < -0.4 is 11.1 Å². The number of carbonyl (C=O) groups is 1. The molecule has 0 heterocycles. The first-order chi connectivity index (χ1) is 28.9. The van der Waals surface area contributed by atoms with Gasteiger partial charge in [-0.3, -0.25) is 13.8 Å². The number of carbonyl (C=O) groups excluding carboxylic acids is 1. The predicted octanol–water partition coefficient (Wildman–Crippen LogP) is 15.1. The second-order valence-corrected chi connectivity index (χ2v) is 19.2. The van der Waals surface area contributed by atoms with Gasteiger partial charge in [-0.05, 0) is 19.3 Å². The summed E-state index contributed by atoms with van der Waals surface area (Å²) in [6.07, 6.45) is 54.2. The maximum Gasteiger partial charge on any atom is 0.472 e. The topological polar surface area (TPSA) is 131 Å². The van der Waals surface area contributed by atoms with E-state index in [9.17, 15) is 19.4 Å². The minimum atomic E-state index is -4.34. The molecule has 59 heavy (non-hydrogen) atoms. The number of phosphoric acid groups is 1. The molecule has 5 N–H and O–H groups in total. The number of aliphatic hydroxyl groups is 1. The molecule has 0 aromatic heterocycles. The molecule has 0 aliphatic rings. The van der Waals surface area contributed by atoms with E-state index in [0.717, 1.165) is 38.5 Å². The molecule has 3 unspecified atom stereocenters. The van der Waals surface area contributed by atoms with Crippen LogP contribution in [0.1, 0.15) is 271 Å². The zero-order valence-corrected chi connectivity index (χ0v) is 40.2. The summed E-state index contributed by atoms with van der Waals surface area (Å²) in [5, 5.41) is 13.7. The molecule has 3 atom stereocenters. The average Bonchev–Trinajstić information content (AvgIpc) is 3.22. The summed E-state index contributed by atoms with van der Waals surface area (Å²) >= 11 is 0. The zero-order valence-electron chi connectivity index (χ0n) is 39.3. The van der Waals surface area contributed by atoms with Crippen molar-refractivity contribution in [1.29, 1.82) is 0 Å². The summed E-state index contributed by atoms with van der Waals surface area (Å²) in [6.45, 7) is 4.19. The van der Waals surface area contributed by atoms with E-state index in [1.54, 1.807) is 6.08 Å². The Morgan fingerprint density at radius 1 is 0.542 bits per heavy atom. The fraction of sp³-hybridized carbons (Fsp3) is 0.940. The van der Waals surface area contributed by atoms with Gasteiger partial charge in [0.2, 0.25) is 5.91 Å². The molecule has 0 fully saturated rings. The number of nitrogens with two attached hydrogens (primary N) is 1. The highest BCUT2D eigenvalue weighted by atomic mass is 31.2. The normalized spacial score (nSPS) is 13.9. The maximum absolute atomic E-state index is 12.8. The standard InChI is InChI=1S/C50H101N2O6P/c1-3-5-7-9-11-13-15-17-19-21-23-24-26-28-30-32-34-36-38-40-42-44-50(54)52-48(47-58-59(55,56)57-46-45-51)49(53)43-41-39-37-35-33-31-29-27-25-22-20-18-16-14-12-10-8-6-4-2/h41,43,48-49,53H,3-40,42,44-47,51H2,1-2H3,(H,52,54)(H,55,56)/b43-41+. The van der Waals surface area contributed by atoms with E-state index in [-0.39, 0.29) is 25.7 Å². The number of nitrogens with one attached hydrogen (secondary N) is 1. The lowest BCUT2D eigenvalue weighted by atomic mass is 10.0. The minimum Gasteiger partial charge on any atom is -0.387 e. The number of hydrogen-bond donors (Lipinski definition) is 4. The van der Waals surface area contributed by atoms with Crippen molar-refractivity contribution in [3.63, 3.8) is 0 Å². The second kappa shape index (κ2) is 46.7. The van der Waals surface area contributed by atoms with Crippen LogP contribution in [0.3, 0.4) is 0 Å². The number of unbranched alkanes of at least 4 members (excludes halogenated alkanes) is 37. The van der Waals surface area contributed by atoms with Gasteiger partial charge in [0.15, 0.2) is 0 Å². The van der Waals surface area contributed by atoms with Crippen molar-refractivity contribution >= 4 is 13.7 Å². The van der Waals surface area contributed by atoms with Crippen molar-refractivity contribution in [3.8, 4) is 0 Å². The Kier molecular flexibility index (Phi) is 46.1. The Balaban J connectivity index is 4.06. The number of aliphatic hydroxyl groups excluding tert-OH is 1. The minimum absolute atomic E-state index is 0.0817. The Bertz CT molecular complexity index is 937. The van der Waals surface area contributed by atoms with Gasteiger partial charge in [0, 0.05) is 13.0 Å². The first-order valence-electron chi connectivity index (χ1n) is 25.8. The van der Waals surface area contributed by atoms with E-state index >= 15 is 0 Å². The van der Waals surface area contributed by atoms with Crippen molar-refractivity contribution in [3.05, 3.63) is 12.2 Å². The number of phosphoric ester groups is 1. The van der Waals surface area contributed by atoms with Gasteiger partial charge in [0.05, 0.1) is 25.4 Å². The molecule has 0 saturated carbocycles. The molecule has 8 nitrogen and oxygen atoms in total. The zero-order chi connectivity index (χ0) is 43.2. The second-order valence-electron chi connectivity index (χ2n) is 17.7. The van der Waals surface area contributed by atoms with Gasteiger partial charge in [-0.2, -0.15) is 0 Å². The number of hydrogen-bond acceptors (Lipinski definition) is 6. The monoisotopic (exact) mass is 857 g/mol. The van der Waals surface area contributed by atoms with Crippen molar-refractivity contribution in [2.45, 2.75) is 283 Å². The van der Waals surface area contributed by atoms with Crippen LogP contribution in [0.2, 0.25) is 0 Å². The van der Waals surface area contributed by atoms with Gasteiger partial charge < -0.3 is 21.1 Å². The van der Waals surface area contributed by atoms with Crippen LogP contribution in [0, 0.1) is 0 Å². The lowest BCUT2D eigenvalue weighted by Crippen LogP contribution is -2.45. The number of rotatable bonds is 49. The van der Waals surface area contributed by atoms with Gasteiger partial charge in [-0.25, -0.2) is 4.57 Å². The molecule has 0 radical (unpaired) electrons. The van der Waals surface area contributed by atoms with Crippen LogP contribution in [0.15, 0.2) is 12.2 Å². The molecule has 0 bridgehead atoms. The fourth-order valence-corrected chi connectivity index (χ4v) is 8.72. The molecule has 0 saturated heterocycles. The molecule has 9 heteroatoms. The van der Waals surface area contributed by atoms with Crippen LogP contribution in [0.25, 0.3) is 0 Å². The molecular weight excluding hydrogens is 756 g/mol. The summed E-state index contributed by atoms with van der Waals surface area (Å²) in [4.78, 5) is 22.8. The molecule has 1 amide bonds. The quantitative estimate of drug-likeness (QED) is 0.0272. The third-order valence-corrected chi connectivity index (χ3v) is 12.8. The van der Waals surface area contributed by atoms with Gasteiger partial charge in [-0.15, -0.1) is 0 Å². The van der Waals surface area contributed by atoms with Crippen molar-refractivity contribution in [2.75, 3.05) is 19.8 Å². The first kappa shape index (κ1) is 58.2. The summed E-state index contributed by atoms with van der Waals surface area (Å²) in [6, 6.07) is -0.855. The maximum atomic E-state index is 12.8. The highest BCUT2D eigenvalue weighted by Gasteiger charge is 2.26. The van der Waals surface area contributed by atoms with Crippen LogP contribution in [-0.4, -0.2) is 47.8 Å². The largest absolute Gasteiger partial charge is 0.472 e. The molecule has 352 valence electrons. The van der Waals surface area contributed by atoms with Crippen LogP contribution in [-0.2, 0) is 18.4 Å². The third-order valence-electron chi connectivity index (χ3n) is 11.9. The first-order valence-corrected chi connectivity index (χ1v) is 27.3. The smallest absolute Gasteiger partial charge is 0.387 e. The molecule has 0 spiro atoms. The molecule has 0 rings (SSSR count). The van der Waals surface area contributed by atoms with Gasteiger partial charge in [0.25, 0.3) is 0 Å². The fourth-order valence-electron chi connectivity index (χ4n) is 7.96. The van der Waals surface area contributed by atoms with Crippen molar-refractivity contribution in [1.82, 2.24) is 5.32 Å². The third kappa shape index (κ3) is 45.1. The van der Waals surface area contributed by atoms with E-state index in [1.807, 2.05) is 6.08 Å².